The van der Waals surface area contributed by atoms with Gasteiger partial charge in [-0.3, -0.25) is 0 Å². The van der Waals surface area contributed by atoms with Crippen LogP contribution >= 0.6 is 11.4 Å². The van der Waals surface area contributed by atoms with Crippen molar-refractivity contribution < 1.29 is 0 Å². The molecule has 0 fully saturated rings. The highest BCUT2D eigenvalue weighted by Crippen LogP contribution is 1.77. The van der Waals surface area contributed by atoms with Crippen molar-refractivity contribution in [1.29, 1.82) is 0 Å². The van der Waals surface area contributed by atoms with E-state index in [0.717, 1.165) is 0 Å². The summed E-state index contributed by atoms with van der Waals surface area (Å²) in [5, 5.41) is 3.88. The van der Waals surface area contributed by atoms with E-state index in [1.807, 2.05) is 17.7 Å². The van der Waals surface area contributed by atoms with E-state index in [1.54, 1.807) is 0 Å². The molecule has 0 N–H and O–H groups in total. The van der Waals surface area contributed by atoms with Gasteiger partial charge in [-0.2, -0.15) is 11.4 Å². The van der Waals surface area contributed by atoms with Gasteiger partial charge in [0.15, 0.2) is 0 Å². The standard InChI is InChI=1S/C4H8S/c1-3-5-4-2/h3-5H,1H2,2H3. The quantitative estimate of drug-likeness (QED) is 0.363. The Morgan fingerprint density at radius 1 is 1.80 bits per heavy atom. The van der Waals surface area contributed by atoms with Crippen LogP contribution in [0, 0.1) is 0 Å². The summed E-state index contributed by atoms with van der Waals surface area (Å²) in [7, 11) is 0. The molecule has 0 saturated heterocycles. The van der Waals surface area contributed by atoms with E-state index >= 15 is 0 Å². The molecule has 0 nitrogen and oxygen atoms in total. The number of hydrogen-bond acceptors (Lipinski definition) is 0. The van der Waals surface area contributed by atoms with Crippen LogP contribution in [0.5, 0.6) is 0 Å². The van der Waals surface area contributed by atoms with Crippen LogP contribution in [0.3, 0.4) is 0 Å². The van der Waals surface area contributed by atoms with Crippen molar-refractivity contribution in [1.82, 2.24) is 0 Å². The highest BCUT2D eigenvalue weighted by atomic mass is 32.1. The van der Waals surface area contributed by atoms with Gasteiger partial charge in [-0.1, -0.05) is 11.9 Å². The molecule has 0 aliphatic heterocycles. The van der Waals surface area contributed by atoms with E-state index in [4.69, 9.17) is 0 Å². The Kier molecular flexibility index (Phi) is 3.93. The summed E-state index contributed by atoms with van der Waals surface area (Å²) in [5.41, 5.74) is 0. The highest BCUT2D eigenvalue weighted by molar-refractivity contribution is 8.00. The Morgan fingerprint density at radius 2 is 2.40 bits per heavy atom. The summed E-state index contributed by atoms with van der Waals surface area (Å²) >= 11 is 1.22. The Bertz CT molecular complexity index is 45.6. The van der Waals surface area contributed by atoms with E-state index in [9.17, 15) is 0 Å². The van der Waals surface area contributed by atoms with Gasteiger partial charge in [0.2, 0.25) is 0 Å². The molecule has 1 heteroatoms. The van der Waals surface area contributed by atoms with E-state index in [0.29, 0.717) is 0 Å². The Balaban J connectivity index is 2.92. The van der Waals surface area contributed by atoms with Gasteiger partial charge in [0.25, 0.3) is 0 Å². The van der Waals surface area contributed by atoms with Gasteiger partial charge < -0.3 is 0 Å². The number of hydrogen-bond donors (Lipinski definition) is 1. The van der Waals surface area contributed by atoms with E-state index in [2.05, 4.69) is 6.58 Å². The summed E-state index contributed by atoms with van der Waals surface area (Å²) in [6.07, 6.45) is 0. The minimum Gasteiger partial charge on any atom is -0.181 e. The molecule has 5 heavy (non-hydrogen) atoms. The predicted octanol–water partition coefficient (Wildman–Crippen LogP) is 1.42. The third kappa shape index (κ3) is 3.96. The van der Waals surface area contributed by atoms with Crippen molar-refractivity contribution in [2.45, 2.75) is 6.92 Å². The fraction of sp³-hybridized carbons (Fsp3) is 0.250. The first-order valence-corrected chi connectivity index (χ1v) is 2.53. The lowest BCUT2D eigenvalue weighted by atomic mass is 11.0. The summed E-state index contributed by atoms with van der Waals surface area (Å²) in [6, 6.07) is 0. The minimum absolute atomic E-state index is 1.22. The summed E-state index contributed by atoms with van der Waals surface area (Å²) < 4.78 is 0. The third-order valence-electron chi connectivity index (χ3n) is 0.254. The normalized spacial score (nSPS) is 10.6. The zero-order valence-electron chi connectivity index (χ0n) is 3.31. The summed E-state index contributed by atoms with van der Waals surface area (Å²) in [4.78, 5) is 0. The van der Waals surface area contributed by atoms with Gasteiger partial charge in [0.1, 0.15) is 0 Å². The van der Waals surface area contributed by atoms with Gasteiger partial charge in [-0.15, -0.1) is 0 Å². The average molecular weight is 88.2 g/mol. The topological polar surface area (TPSA) is 0 Å². The number of rotatable bonds is 1. The van der Waals surface area contributed by atoms with Crippen LogP contribution in [0.4, 0.5) is 0 Å². The van der Waals surface area contributed by atoms with Gasteiger partial charge >= 0.3 is 0 Å². The van der Waals surface area contributed by atoms with Crippen molar-refractivity contribution >= 4 is 16.7 Å². The monoisotopic (exact) mass is 88.0 g/mol. The Morgan fingerprint density at radius 3 is 2.40 bits per heavy atom. The van der Waals surface area contributed by atoms with Crippen LogP contribution in [0.1, 0.15) is 6.92 Å². The van der Waals surface area contributed by atoms with Gasteiger partial charge in [-0.05, 0) is 12.3 Å². The van der Waals surface area contributed by atoms with Crippen LogP contribution in [0.2, 0.25) is 0 Å². The van der Waals surface area contributed by atoms with E-state index in [-0.39, 0.29) is 0 Å². The first-order valence-electron chi connectivity index (χ1n) is 1.50. The highest BCUT2D eigenvalue weighted by Gasteiger charge is 1.39. The maximum Gasteiger partial charge on any atom is -0.0414 e. The van der Waals surface area contributed by atoms with Crippen molar-refractivity contribution in [3.8, 4) is 0 Å². The molecule has 0 aliphatic carbocycles. The second-order valence-corrected chi connectivity index (χ2v) is 1.77. The SMILES string of the molecule is C=C[SH]=CC. The molecular formula is C4H8S. The zero-order valence-corrected chi connectivity index (χ0v) is 4.20. The van der Waals surface area contributed by atoms with Gasteiger partial charge in [0.05, 0.1) is 0 Å². The molecule has 0 aromatic rings. The lowest BCUT2D eigenvalue weighted by Gasteiger charge is -1.58. The van der Waals surface area contributed by atoms with Crippen LogP contribution in [0.15, 0.2) is 12.0 Å². The average Bonchev–Trinajstić information content (AvgIpc) is 1.41. The lowest BCUT2D eigenvalue weighted by Crippen LogP contribution is -1.37. The fourth-order valence-electron chi connectivity index (χ4n) is 0.105. The summed E-state index contributed by atoms with van der Waals surface area (Å²) in [6.45, 7) is 5.51. The predicted molar refractivity (Wildman–Crippen MR) is 30.9 cm³/mol. The second kappa shape index (κ2) is 3.96. The molecule has 0 radical (unpaired) electrons. The van der Waals surface area contributed by atoms with Crippen LogP contribution in [0.25, 0.3) is 0 Å². The molecule has 0 heterocycles. The molecule has 0 bridgehead atoms. The molecule has 0 saturated carbocycles. The van der Waals surface area contributed by atoms with Crippen LogP contribution in [-0.4, -0.2) is 5.37 Å². The molecule has 30 valence electrons. The summed E-state index contributed by atoms with van der Waals surface area (Å²) in [5.74, 6) is 0. The maximum atomic E-state index is 3.51. The molecule has 0 rings (SSSR count). The molecule has 0 atom stereocenters. The maximum absolute atomic E-state index is 3.51. The largest absolute Gasteiger partial charge is 0.181 e. The van der Waals surface area contributed by atoms with Crippen molar-refractivity contribution in [2.75, 3.05) is 0 Å². The lowest BCUT2D eigenvalue weighted by molar-refractivity contribution is 2.14. The number of thiol groups is 1. The minimum atomic E-state index is 1.22. The molecular weight excluding hydrogens is 80.1 g/mol. The third-order valence-corrected chi connectivity index (χ3v) is 0.763. The van der Waals surface area contributed by atoms with Crippen molar-refractivity contribution in [3.05, 3.63) is 12.0 Å². The fourth-order valence-corrected chi connectivity index (χ4v) is 0.316. The molecule has 0 aromatic heterocycles. The Labute approximate surface area is 36.5 Å². The van der Waals surface area contributed by atoms with Gasteiger partial charge in [-0.25, -0.2) is 0 Å². The first-order chi connectivity index (χ1) is 2.41. The van der Waals surface area contributed by atoms with Crippen LogP contribution in [-0.2, 0) is 0 Å². The van der Waals surface area contributed by atoms with E-state index < -0.39 is 0 Å². The zero-order chi connectivity index (χ0) is 4.12. The first kappa shape index (κ1) is 4.96. The Hall–Kier alpha value is -0.0400. The molecule has 0 amide bonds. The molecule has 0 spiro atoms. The molecule has 0 aromatic carbocycles. The molecule has 0 aliphatic rings. The smallest absolute Gasteiger partial charge is 0.0414 e. The van der Waals surface area contributed by atoms with Crippen molar-refractivity contribution in [2.24, 2.45) is 0 Å². The van der Waals surface area contributed by atoms with E-state index in [1.165, 1.54) is 11.4 Å². The second-order valence-electron chi connectivity index (χ2n) is 0.590. The van der Waals surface area contributed by atoms with Gasteiger partial charge in [0, 0.05) is 0 Å². The van der Waals surface area contributed by atoms with Crippen molar-refractivity contribution in [3.63, 3.8) is 0 Å². The van der Waals surface area contributed by atoms with Crippen LogP contribution < -0.4 is 0 Å². The molecule has 0 unspecified atom stereocenters.